The largest absolute Gasteiger partial charge is 0.488 e. The number of aryl methyl sites for hydroxylation is 2. The fourth-order valence-corrected chi connectivity index (χ4v) is 2.77. The van der Waals surface area contributed by atoms with Crippen LogP contribution in [0.15, 0.2) is 27.1 Å². The molecule has 1 aromatic heterocycles. The van der Waals surface area contributed by atoms with Gasteiger partial charge in [0, 0.05) is 17.4 Å². The van der Waals surface area contributed by atoms with Crippen LogP contribution in [-0.2, 0) is 13.0 Å². The lowest BCUT2D eigenvalue weighted by atomic mass is 10.1. The summed E-state index contributed by atoms with van der Waals surface area (Å²) in [5, 5.41) is 3.34. The number of oxazole rings is 1. The Morgan fingerprint density at radius 3 is 3.00 bits per heavy atom. The Morgan fingerprint density at radius 1 is 1.40 bits per heavy atom. The summed E-state index contributed by atoms with van der Waals surface area (Å²) in [4.78, 5) is 4.35. The van der Waals surface area contributed by atoms with Crippen LogP contribution in [0.2, 0.25) is 0 Å². The Kier molecular flexibility index (Phi) is 3.81. The highest BCUT2D eigenvalue weighted by molar-refractivity contribution is 9.10. The van der Waals surface area contributed by atoms with Gasteiger partial charge in [0.15, 0.2) is 0 Å². The summed E-state index contributed by atoms with van der Waals surface area (Å²) in [6, 6.07) is 6.14. The van der Waals surface area contributed by atoms with Gasteiger partial charge in [0.25, 0.3) is 0 Å². The fraction of sp³-hybridized carbons (Fsp3) is 0.400. The summed E-state index contributed by atoms with van der Waals surface area (Å²) in [6.07, 6.45) is 1.11. The van der Waals surface area contributed by atoms with E-state index in [2.05, 4.69) is 32.3 Å². The number of ether oxygens (including phenoxy) is 1. The van der Waals surface area contributed by atoms with Crippen LogP contribution in [0.5, 0.6) is 5.75 Å². The number of hydrogen-bond acceptors (Lipinski definition) is 4. The third-order valence-corrected chi connectivity index (χ3v) is 3.98. The van der Waals surface area contributed by atoms with Gasteiger partial charge in [-0.05, 0) is 37.6 Å². The first-order chi connectivity index (χ1) is 9.61. The maximum Gasteiger partial charge on any atom is 0.208 e. The molecule has 1 aliphatic heterocycles. The molecule has 0 bridgehead atoms. The standard InChI is InChI=1S/C15H17BrN2O2/c1-9-10(2)19-15(18-9)8-17-7-13-6-11-5-12(16)3-4-14(11)20-13/h3-5,13,17H,6-8H2,1-2H3. The van der Waals surface area contributed by atoms with Gasteiger partial charge >= 0.3 is 0 Å². The van der Waals surface area contributed by atoms with E-state index in [0.717, 1.165) is 40.5 Å². The van der Waals surface area contributed by atoms with Crippen molar-refractivity contribution in [2.75, 3.05) is 6.54 Å². The van der Waals surface area contributed by atoms with E-state index in [0.29, 0.717) is 6.54 Å². The summed E-state index contributed by atoms with van der Waals surface area (Å²) >= 11 is 3.49. The molecule has 2 aromatic rings. The van der Waals surface area contributed by atoms with Gasteiger partial charge in [-0.1, -0.05) is 15.9 Å². The molecule has 1 unspecified atom stereocenters. The highest BCUT2D eigenvalue weighted by Gasteiger charge is 2.22. The molecule has 5 heteroatoms. The van der Waals surface area contributed by atoms with Crippen LogP contribution < -0.4 is 10.1 Å². The third kappa shape index (κ3) is 2.88. The Morgan fingerprint density at radius 2 is 2.25 bits per heavy atom. The summed E-state index contributed by atoms with van der Waals surface area (Å²) in [7, 11) is 0. The summed E-state index contributed by atoms with van der Waals surface area (Å²) in [6.45, 7) is 5.30. The zero-order chi connectivity index (χ0) is 14.1. The number of hydrogen-bond donors (Lipinski definition) is 1. The molecule has 20 heavy (non-hydrogen) atoms. The van der Waals surface area contributed by atoms with Crippen molar-refractivity contribution in [3.05, 3.63) is 45.6 Å². The van der Waals surface area contributed by atoms with E-state index >= 15 is 0 Å². The van der Waals surface area contributed by atoms with E-state index in [4.69, 9.17) is 9.15 Å². The monoisotopic (exact) mass is 336 g/mol. The van der Waals surface area contributed by atoms with Crippen LogP contribution in [0.3, 0.4) is 0 Å². The maximum absolute atomic E-state index is 5.89. The van der Waals surface area contributed by atoms with E-state index in [1.807, 2.05) is 26.0 Å². The van der Waals surface area contributed by atoms with Crippen molar-refractivity contribution in [1.29, 1.82) is 0 Å². The first kappa shape index (κ1) is 13.6. The molecule has 4 nitrogen and oxygen atoms in total. The lowest BCUT2D eigenvalue weighted by Gasteiger charge is -2.10. The smallest absolute Gasteiger partial charge is 0.208 e. The third-order valence-electron chi connectivity index (χ3n) is 3.48. The van der Waals surface area contributed by atoms with Gasteiger partial charge in [-0.15, -0.1) is 0 Å². The zero-order valence-corrected chi connectivity index (χ0v) is 13.2. The number of rotatable bonds is 4. The van der Waals surface area contributed by atoms with Crippen LogP contribution in [0.4, 0.5) is 0 Å². The van der Waals surface area contributed by atoms with Crippen molar-refractivity contribution in [3.8, 4) is 5.75 Å². The molecular weight excluding hydrogens is 320 g/mol. The predicted molar refractivity (Wildman–Crippen MR) is 79.9 cm³/mol. The first-order valence-electron chi connectivity index (χ1n) is 6.70. The lowest BCUT2D eigenvalue weighted by Crippen LogP contribution is -2.29. The van der Waals surface area contributed by atoms with Crippen molar-refractivity contribution < 1.29 is 9.15 Å². The Hall–Kier alpha value is -1.33. The van der Waals surface area contributed by atoms with Crippen molar-refractivity contribution in [1.82, 2.24) is 10.3 Å². The van der Waals surface area contributed by atoms with Crippen molar-refractivity contribution in [2.45, 2.75) is 32.9 Å². The van der Waals surface area contributed by atoms with E-state index < -0.39 is 0 Å². The minimum Gasteiger partial charge on any atom is -0.488 e. The molecule has 3 rings (SSSR count). The predicted octanol–water partition coefficient (Wildman–Crippen LogP) is 3.15. The molecule has 0 aliphatic carbocycles. The van der Waals surface area contributed by atoms with Gasteiger partial charge in [0.2, 0.25) is 5.89 Å². The molecule has 1 aliphatic rings. The highest BCUT2D eigenvalue weighted by Crippen LogP contribution is 2.30. The normalized spacial score (nSPS) is 17.1. The second-order valence-corrected chi connectivity index (χ2v) is 5.99. The zero-order valence-electron chi connectivity index (χ0n) is 11.6. The molecule has 1 atom stereocenters. The molecular formula is C15H17BrN2O2. The van der Waals surface area contributed by atoms with Crippen LogP contribution in [0, 0.1) is 13.8 Å². The molecule has 2 heterocycles. The lowest BCUT2D eigenvalue weighted by molar-refractivity contribution is 0.225. The highest BCUT2D eigenvalue weighted by atomic mass is 79.9. The minimum atomic E-state index is 0.177. The second kappa shape index (κ2) is 5.58. The van der Waals surface area contributed by atoms with Gasteiger partial charge in [0.1, 0.15) is 17.6 Å². The van der Waals surface area contributed by atoms with Gasteiger partial charge in [-0.2, -0.15) is 0 Å². The molecule has 106 valence electrons. The van der Waals surface area contributed by atoms with E-state index in [1.165, 1.54) is 5.56 Å². The summed E-state index contributed by atoms with van der Waals surface area (Å²) in [5.41, 5.74) is 2.21. The average Bonchev–Trinajstić information content (AvgIpc) is 2.93. The molecule has 0 amide bonds. The van der Waals surface area contributed by atoms with Gasteiger partial charge in [-0.3, -0.25) is 0 Å². The van der Waals surface area contributed by atoms with Crippen molar-refractivity contribution >= 4 is 15.9 Å². The van der Waals surface area contributed by atoms with Crippen molar-refractivity contribution in [2.24, 2.45) is 0 Å². The quantitative estimate of drug-likeness (QED) is 0.931. The van der Waals surface area contributed by atoms with E-state index in [1.54, 1.807) is 0 Å². The first-order valence-corrected chi connectivity index (χ1v) is 7.50. The number of aromatic nitrogens is 1. The van der Waals surface area contributed by atoms with E-state index in [-0.39, 0.29) is 6.10 Å². The number of halogens is 1. The van der Waals surface area contributed by atoms with E-state index in [9.17, 15) is 0 Å². The molecule has 0 radical (unpaired) electrons. The molecule has 1 N–H and O–H groups in total. The number of nitrogens with one attached hydrogen (secondary N) is 1. The fourth-order valence-electron chi connectivity index (χ4n) is 2.36. The number of fused-ring (bicyclic) bond motifs is 1. The average molecular weight is 337 g/mol. The Balaban J connectivity index is 1.51. The molecule has 0 fully saturated rings. The number of nitrogens with zero attached hydrogens (tertiary/aromatic N) is 1. The van der Waals surface area contributed by atoms with Crippen LogP contribution in [0.1, 0.15) is 22.9 Å². The summed E-state index contributed by atoms with van der Waals surface area (Å²) in [5.74, 6) is 2.61. The molecule has 0 spiro atoms. The van der Waals surface area contributed by atoms with Gasteiger partial charge in [-0.25, -0.2) is 4.98 Å². The molecule has 0 saturated heterocycles. The molecule has 1 aromatic carbocycles. The van der Waals surface area contributed by atoms with Crippen LogP contribution in [0.25, 0.3) is 0 Å². The topological polar surface area (TPSA) is 47.3 Å². The van der Waals surface area contributed by atoms with Gasteiger partial charge < -0.3 is 14.5 Å². The second-order valence-electron chi connectivity index (χ2n) is 5.08. The number of benzene rings is 1. The van der Waals surface area contributed by atoms with Gasteiger partial charge in [0.05, 0.1) is 12.2 Å². The Labute approximate surface area is 126 Å². The SMILES string of the molecule is Cc1nc(CNCC2Cc3cc(Br)ccc3O2)oc1C. The van der Waals surface area contributed by atoms with Crippen molar-refractivity contribution in [3.63, 3.8) is 0 Å². The minimum absolute atomic E-state index is 0.177. The molecule has 0 saturated carbocycles. The summed E-state index contributed by atoms with van der Waals surface area (Å²) < 4.78 is 12.5. The Bertz CT molecular complexity index is 605. The van der Waals surface area contributed by atoms with Crippen LogP contribution in [-0.4, -0.2) is 17.6 Å². The van der Waals surface area contributed by atoms with Crippen LogP contribution >= 0.6 is 15.9 Å². The maximum atomic E-state index is 5.89.